The maximum atomic E-state index is 10.6. The van der Waals surface area contributed by atoms with E-state index in [9.17, 15) is 4.79 Å². The van der Waals surface area contributed by atoms with Gasteiger partial charge in [-0.25, -0.2) is 4.98 Å². The van der Waals surface area contributed by atoms with E-state index in [-0.39, 0.29) is 5.91 Å². The van der Waals surface area contributed by atoms with Crippen LogP contribution in [0.25, 0.3) is 10.2 Å². The molecule has 0 saturated heterocycles. The molecule has 2 aromatic rings. The minimum Gasteiger partial charge on any atom is -0.375 e. The SMILES string of the molecule is CC(=O)NCCC#Cc1ccc2sc(N)nc2c1. The molecular formula is C13H13N3OS. The Labute approximate surface area is 109 Å². The van der Waals surface area contributed by atoms with E-state index in [1.165, 1.54) is 18.3 Å². The van der Waals surface area contributed by atoms with Crippen molar-refractivity contribution in [1.82, 2.24) is 10.3 Å². The monoisotopic (exact) mass is 259 g/mol. The molecule has 0 saturated carbocycles. The van der Waals surface area contributed by atoms with E-state index < -0.39 is 0 Å². The van der Waals surface area contributed by atoms with Crippen LogP contribution in [0.4, 0.5) is 5.13 Å². The number of nitrogens with two attached hydrogens (primary N) is 1. The van der Waals surface area contributed by atoms with Crippen LogP contribution in [-0.4, -0.2) is 17.4 Å². The smallest absolute Gasteiger partial charge is 0.216 e. The van der Waals surface area contributed by atoms with Gasteiger partial charge in [0, 0.05) is 25.5 Å². The Bertz CT molecular complexity index is 636. The van der Waals surface area contributed by atoms with Crippen molar-refractivity contribution in [3.63, 3.8) is 0 Å². The lowest BCUT2D eigenvalue weighted by atomic mass is 10.2. The van der Waals surface area contributed by atoms with Crippen molar-refractivity contribution in [2.45, 2.75) is 13.3 Å². The zero-order chi connectivity index (χ0) is 13.0. The van der Waals surface area contributed by atoms with Gasteiger partial charge in [0.25, 0.3) is 0 Å². The standard InChI is InChI=1S/C13H13N3OS/c1-9(17)15-7-3-2-4-10-5-6-12-11(8-10)16-13(14)18-12/h5-6,8H,3,7H2,1H3,(H2,14,16)(H,15,17). The molecule has 5 heteroatoms. The van der Waals surface area contributed by atoms with E-state index in [0.717, 1.165) is 15.8 Å². The third-order valence-electron chi connectivity index (χ3n) is 2.26. The second-order valence-electron chi connectivity index (χ2n) is 3.77. The molecule has 0 unspecified atom stereocenters. The molecule has 4 nitrogen and oxygen atoms in total. The summed E-state index contributed by atoms with van der Waals surface area (Å²) in [5.41, 5.74) is 7.43. The number of nitrogen functional groups attached to an aromatic ring is 1. The summed E-state index contributed by atoms with van der Waals surface area (Å²) in [6, 6.07) is 5.85. The summed E-state index contributed by atoms with van der Waals surface area (Å²) in [4.78, 5) is 14.9. The molecule has 3 N–H and O–H groups in total. The number of fused-ring (bicyclic) bond motifs is 1. The highest BCUT2D eigenvalue weighted by atomic mass is 32.1. The van der Waals surface area contributed by atoms with Crippen molar-refractivity contribution in [2.75, 3.05) is 12.3 Å². The van der Waals surface area contributed by atoms with Crippen molar-refractivity contribution < 1.29 is 4.79 Å². The van der Waals surface area contributed by atoms with Crippen LogP contribution in [0.5, 0.6) is 0 Å². The average Bonchev–Trinajstić information content (AvgIpc) is 2.67. The minimum absolute atomic E-state index is 0.0313. The molecule has 18 heavy (non-hydrogen) atoms. The fraction of sp³-hybridized carbons (Fsp3) is 0.231. The minimum atomic E-state index is -0.0313. The number of anilines is 1. The Morgan fingerprint density at radius 3 is 3.17 bits per heavy atom. The fourth-order valence-electron chi connectivity index (χ4n) is 1.49. The van der Waals surface area contributed by atoms with Gasteiger partial charge < -0.3 is 11.1 Å². The van der Waals surface area contributed by atoms with Gasteiger partial charge in [-0.3, -0.25) is 4.79 Å². The van der Waals surface area contributed by atoms with E-state index in [0.29, 0.717) is 18.1 Å². The molecule has 92 valence electrons. The Morgan fingerprint density at radius 1 is 1.56 bits per heavy atom. The molecule has 0 aliphatic heterocycles. The Hall–Kier alpha value is -2.06. The molecule has 0 spiro atoms. The molecule has 1 heterocycles. The largest absolute Gasteiger partial charge is 0.375 e. The third-order valence-corrected chi connectivity index (χ3v) is 3.13. The van der Waals surface area contributed by atoms with Crippen LogP contribution in [0, 0.1) is 11.8 Å². The Morgan fingerprint density at radius 2 is 2.39 bits per heavy atom. The third kappa shape index (κ3) is 3.22. The van der Waals surface area contributed by atoms with Crippen LogP contribution < -0.4 is 11.1 Å². The van der Waals surface area contributed by atoms with Gasteiger partial charge in [-0.15, -0.1) is 0 Å². The number of thiazole rings is 1. The Balaban J connectivity index is 2.03. The predicted molar refractivity (Wildman–Crippen MR) is 74.2 cm³/mol. The number of hydrogen-bond donors (Lipinski definition) is 2. The van der Waals surface area contributed by atoms with Crippen molar-refractivity contribution in [3.05, 3.63) is 23.8 Å². The first kappa shape index (κ1) is 12.4. The van der Waals surface area contributed by atoms with Crippen molar-refractivity contribution in [3.8, 4) is 11.8 Å². The zero-order valence-electron chi connectivity index (χ0n) is 9.99. The number of benzene rings is 1. The summed E-state index contributed by atoms with van der Waals surface area (Å²) in [6.45, 7) is 2.07. The predicted octanol–water partition coefficient (Wildman–Crippen LogP) is 1.76. The first-order valence-corrected chi connectivity index (χ1v) is 6.36. The van der Waals surface area contributed by atoms with Crippen molar-refractivity contribution in [1.29, 1.82) is 0 Å². The van der Waals surface area contributed by atoms with Gasteiger partial charge in [0.15, 0.2) is 5.13 Å². The van der Waals surface area contributed by atoms with Crippen molar-refractivity contribution in [2.24, 2.45) is 0 Å². The van der Waals surface area contributed by atoms with Gasteiger partial charge in [-0.05, 0) is 18.2 Å². The maximum Gasteiger partial charge on any atom is 0.216 e. The maximum absolute atomic E-state index is 10.6. The van der Waals surface area contributed by atoms with Gasteiger partial charge in [0.05, 0.1) is 10.2 Å². The fourth-order valence-corrected chi connectivity index (χ4v) is 2.20. The zero-order valence-corrected chi connectivity index (χ0v) is 10.8. The average molecular weight is 259 g/mol. The second-order valence-corrected chi connectivity index (χ2v) is 4.83. The highest BCUT2D eigenvalue weighted by Crippen LogP contribution is 2.23. The molecule has 0 aliphatic rings. The normalized spacial score (nSPS) is 9.83. The number of hydrogen-bond acceptors (Lipinski definition) is 4. The molecule has 1 amide bonds. The number of rotatable bonds is 2. The van der Waals surface area contributed by atoms with Gasteiger partial charge in [0.2, 0.25) is 5.91 Å². The van der Waals surface area contributed by atoms with E-state index in [4.69, 9.17) is 5.73 Å². The summed E-state index contributed by atoms with van der Waals surface area (Å²) >= 11 is 1.47. The van der Waals surface area contributed by atoms with Crippen LogP contribution in [-0.2, 0) is 4.79 Å². The lowest BCUT2D eigenvalue weighted by Crippen LogP contribution is -2.20. The van der Waals surface area contributed by atoms with E-state index >= 15 is 0 Å². The first-order chi connectivity index (χ1) is 8.65. The number of nitrogens with zero attached hydrogens (tertiary/aromatic N) is 1. The van der Waals surface area contributed by atoms with Gasteiger partial charge >= 0.3 is 0 Å². The number of amides is 1. The first-order valence-electron chi connectivity index (χ1n) is 5.54. The molecule has 0 atom stereocenters. The van der Waals surface area contributed by atoms with E-state index in [2.05, 4.69) is 22.1 Å². The quantitative estimate of drug-likeness (QED) is 0.638. The van der Waals surface area contributed by atoms with Crippen LogP contribution in [0.3, 0.4) is 0 Å². The Kier molecular flexibility index (Phi) is 3.80. The summed E-state index contributed by atoms with van der Waals surface area (Å²) < 4.78 is 1.07. The highest BCUT2D eigenvalue weighted by Gasteiger charge is 2.00. The lowest BCUT2D eigenvalue weighted by molar-refractivity contribution is -0.118. The molecule has 1 aromatic carbocycles. The second kappa shape index (κ2) is 5.52. The van der Waals surface area contributed by atoms with Gasteiger partial charge in [-0.1, -0.05) is 23.2 Å². The number of carbonyl (C=O) groups is 1. The van der Waals surface area contributed by atoms with Gasteiger partial charge in [-0.2, -0.15) is 0 Å². The van der Waals surface area contributed by atoms with E-state index in [1.807, 2.05) is 18.2 Å². The summed E-state index contributed by atoms with van der Waals surface area (Å²) in [5, 5.41) is 3.27. The van der Waals surface area contributed by atoms with Crippen LogP contribution in [0.15, 0.2) is 18.2 Å². The molecule has 2 rings (SSSR count). The number of carbonyl (C=O) groups excluding carboxylic acids is 1. The lowest BCUT2D eigenvalue weighted by Gasteiger charge is -1.94. The van der Waals surface area contributed by atoms with Crippen LogP contribution in [0.1, 0.15) is 18.9 Å². The molecule has 0 radical (unpaired) electrons. The van der Waals surface area contributed by atoms with Crippen molar-refractivity contribution >= 4 is 32.6 Å². The summed E-state index contributed by atoms with van der Waals surface area (Å²) in [6.07, 6.45) is 0.636. The molecular weight excluding hydrogens is 246 g/mol. The molecule has 1 aromatic heterocycles. The molecule has 0 fully saturated rings. The van der Waals surface area contributed by atoms with Crippen LogP contribution >= 0.6 is 11.3 Å². The molecule has 0 bridgehead atoms. The highest BCUT2D eigenvalue weighted by molar-refractivity contribution is 7.22. The number of aromatic nitrogens is 1. The molecule has 0 aliphatic carbocycles. The summed E-state index contributed by atoms with van der Waals surface area (Å²) in [5.74, 6) is 6.02. The number of nitrogens with one attached hydrogen (secondary N) is 1. The topological polar surface area (TPSA) is 68.0 Å². The van der Waals surface area contributed by atoms with E-state index in [1.54, 1.807) is 0 Å². The van der Waals surface area contributed by atoms with Gasteiger partial charge in [0.1, 0.15) is 0 Å². The van der Waals surface area contributed by atoms with Crippen LogP contribution in [0.2, 0.25) is 0 Å². The summed E-state index contributed by atoms with van der Waals surface area (Å²) in [7, 11) is 0.